The molecule has 2 unspecified atom stereocenters. The molecule has 0 spiro atoms. The van der Waals surface area contributed by atoms with E-state index >= 15 is 0 Å². The molecule has 0 radical (unpaired) electrons. The van der Waals surface area contributed by atoms with Crippen molar-refractivity contribution in [3.05, 3.63) is 24.0 Å². The molecular formula is C14H22N2O3S. The fourth-order valence-corrected chi connectivity index (χ4v) is 4.56. The molecule has 112 valence electrons. The average molecular weight is 298 g/mol. The van der Waals surface area contributed by atoms with Crippen LogP contribution in [0.4, 0.5) is 0 Å². The maximum absolute atomic E-state index is 11.5. The molecule has 0 aromatic carbocycles. The van der Waals surface area contributed by atoms with Gasteiger partial charge in [0.15, 0.2) is 9.84 Å². The molecule has 0 aliphatic carbocycles. The second-order valence-corrected chi connectivity index (χ2v) is 7.46. The van der Waals surface area contributed by atoms with Crippen LogP contribution in [0.15, 0.2) is 18.5 Å². The molecule has 1 aliphatic heterocycles. The maximum Gasteiger partial charge on any atom is 0.150 e. The first-order valence-electron chi connectivity index (χ1n) is 6.99. The quantitative estimate of drug-likeness (QED) is 0.863. The summed E-state index contributed by atoms with van der Waals surface area (Å²) in [6.07, 6.45) is 5.08. The van der Waals surface area contributed by atoms with Gasteiger partial charge in [-0.3, -0.25) is 4.98 Å². The van der Waals surface area contributed by atoms with Crippen LogP contribution in [0.3, 0.4) is 0 Å². The minimum Gasteiger partial charge on any atom is -0.492 e. The zero-order valence-electron chi connectivity index (χ0n) is 12.0. The molecule has 5 nitrogen and oxygen atoms in total. The van der Waals surface area contributed by atoms with Crippen LogP contribution in [0.2, 0.25) is 0 Å². The zero-order valence-corrected chi connectivity index (χ0v) is 12.8. The summed E-state index contributed by atoms with van der Waals surface area (Å²) in [6.45, 7) is 2.54. The van der Waals surface area contributed by atoms with Crippen LogP contribution in [0.5, 0.6) is 5.75 Å². The third-order valence-electron chi connectivity index (χ3n) is 3.69. The fraction of sp³-hybridized carbons (Fsp3) is 0.643. The van der Waals surface area contributed by atoms with E-state index in [1.807, 2.05) is 26.2 Å². The zero-order chi connectivity index (χ0) is 14.6. The number of nitrogens with zero attached hydrogens (tertiary/aromatic N) is 1. The van der Waals surface area contributed by atoms with E-state index in [2.05, 4.69) is 10.3 Å². The third kappa shape index (κ3) is 3.93. The molecule has 1 aromatic rings. The molecule has 6 heteroatoms. The van der Waals surface area contributed by atoms with Crippen molar-refractivity contribution in [3.63, 3.8) is 0 Å². The summed E-state index contributed by atoms with van der Waals surface area (Å²) in [5.74, 6) is 1.62. The van der Waals surface area contributed by atoms with Gasteiger partial charge in [0, 0.05) is 12.2 Å². The summed E-state index contributed by atoms with van der Waals surface area (Å²) in [5, 5.41) is 3.25. The average Bonchev–Trinajstić information content (AvgIpc) is 2.76. The molecule has 1 saturated heterocycles. The first kappa shape index (κ1) is 15.3. The SMILES string of the molecule is CCOc1cncc(C(CC2CCS(=O)(=O)C2)NC)c1. The second kappa shape index (κ2) is 6.54. The highest BCUT2D eigenvalue weighted by atomic mass is 32.2. The van der Waals surface area contributed by atoms with E-state index in [1.54, 1.807) is 6.20 Å². The Bertz CT molecular complexity index is 545. The minimum absolute atomic E-state index is 0.112. The molecule has 1 N–H and O–H groups in total. The van der Waals surface area contributed by atoms with Gasteiger partial charge in [-0.1, -0.05) is 0 Å². The van der Waals surface area contributed by atoms with Crippen LogP contribution in [0, 0.1) is 5.92 Å². The lowest BCUT2D eigenvalue weighted by atomic mass is 9.95. The summed E-state index contributed by atoms with van der Waals surface area (Å²) < 4.78 is 28.5. The number of sulfone groups is 1. The van der Waals surface area contributed by atoms with Gasteiger partial charge < -0.3 is 10.1 Å². The first-order valence-corrected chi connectivity index (χ1v) is 8.81. The number of rotatable bonds is 6. The van der Waals surface area contributed by atoms with Gasteiger partial charge in [0.2, 0.25) is 0 Å². The Kier molecular flexibility index (Phi) is 4.99. The largest absolute Gasteiger partial charge is 0.492 e. The van der Waals surface area contributed by atoms with E-state index < -0.39 is 9.84 Å². The fourth-order valence-electron chi connectivity index (χ4n) is 2.68. The van der Waals surface area contributed by atoms with E-state index in [4.69, 9.17) is 4.74 Å². The van der Waals surface area contributed by atoms with Crippen molar-refractivity contribution in [2.75, 3.05) is 25.2 Å². The molecule has 1 aliphatic rings. The Labute approximate surface area is 120 Å². The van der Waals surface area contributed by atoms with Crippen molar-refractivity contribution in [2.24, 2.45) is 5.92 Å². The standard InChI is InChI=1S/C14H22N2O3S/c1-3-19-13-7-12(8-16-9-13)14(15-2)6-11-4-5-20(17,18)10-11/h7-9,11,14-15H,3-6,10H2,1-2H3. The van der Waals surface area contributed by atoms with Crippen molar-refractivity contribution < 1.29 is 13.2 Å². The van der Waals surface area contributed by atoms with Gasteiger partial charge in [0.25, 0.3) is 0 Å². The van der Waals surface area contributed by atoms with Gasteiger partial charge in [-0.15, -0.1) is 0 Å². The number of pyridine rings is 1. The van der Waals surface area contributed by atoms with Gasteiger partial charge in [0.1, 0.15) is 5.75 Å². The van der Waals surface area contributed by atoms with E-state index in [1.165, 1.54) is 0 Å². The van der Waals surface area contributed by atoms with Crippen LogP contribution in [0.25, 0.3) is 0 Å². The van der Waals surface area contributed by atoms with Gasteiger partial charge >= 0.3 is 0 Å². The molecular weight excluding hydrogens is 276 g/mol. The second-order valence-electron chi connectivity index (χ2n) is 5.23. The molecule has 20 heavy (non-hydrogen) atoms. The number of hydrogen-bond acceptors (Lipinski definition) is 5. The third-order valence-corrected chi connectivity index (χ3v) is 5.53. The summed E-state index contributed by atoms with van der Waals surface area (Å²) in [7, 11) is -0.926. The summed E-state index contributed by atoms with van der Waals surface area (Å²) >= 11 is 0. The van der Waals surface area contributed by atoms with Crippen LogP contribution >= 0.6 is 0 Å². The number of hydrogen-bond donors (Lipinski definition) is 1. The highest BCUT2D eigenvalue weighted by Gasteiger charge is 2.29. The molecule has 1 aromatic heterocycles. The van der Waals surface area contributed by atoms with E-state index in [9.17, 15) is 8.42 Å². The lowest BCUT2D eigenvalue weighted by Crippen LogP contribution is -2.20. The number of nitrogens with one attached hydrogen (secondary N) is 1. The van der Waals surface area contributed by atoms with Crippen molar-refractivity contribution in [1.82, 2.24) is 10.3 Å². The van der Waals surface area contributed by atoms with E-state index in [0.717, 1.165) is 24.2 Å². The molecule has 1 fully saturated rings. The molecule has 2 atom stereocenters. The summed E-state index contributed by atoms with van der Waals surface area (Å²) in [5.41, 5.74) is 1.04. The topological polar surface area (TPSA) is 68.3 Å². The molecule has 2 heterocycles. The predicted molar refractivity (Wildman–Crippen MR) is 78.6 cm³/mol. The van der Waals surface area contributed by atoms with Crippen molar-refractivity contribution >= 4 is 9.84 Å². The Morgan fingerprint density at radius 2 is 2.30 bits per heavy atom. The van der Waals surface area contributed by atoms with Gasteiger partial charge in [-0.25, -0.2) is 8.42 Å². The van der Waals surface area contributed by atoms with Crippen molar-refractivity contribution in [3.8, 4) is 5.75 Å². The highest BCUT2D eigenvalue weighted by Crippen LogP contribution is 2.29. The maximum atomic E-state index is 11.5. The Morgan fingerprint density at radius 3 is 2.90 bits per heavy atom. The van der Waals surface area contributed by atoms with Crippen LogP contribution < -0.4 is 10.1 Å². The lowest BCUT2D eigenvalue weighted by molar-refractivity contribution is 0.337. The van der Waals surface area contributed by atoms with Crippen LogP contribution in [0.1, 0.15) is 31.4 Å². The van der Waals surface area contributed by atoms with Gasteiger partial charge in [-0.05, 0) is 44.4 Å². The Hall–Kier alpha value is -1.14. The number of ether oxygens (including phenoxy) is 1. The smallest absolute Gasteiger partial charge is 0.150 e. The first-order chi connectivity index (χ1) is 9.54. The van der Waals surface area contributed by atoms with Gasteiger partial charge in [0.05, 0.1) is 24.3 Å². The number of aromatic nitrogens is 1. The van der Waals surface area contributed by atoms with Crippen molar-refractivity contribution in [2.45, 2.75) is 25.8 Å². The van der Waals surface area contributed by atoms with Crippen molar-refractivity contribution in [1.29, 1.82) is 0 Å². The normalized spacial score (nSPS) is 22.6. The highest BCUT2D eigenvalue weighted by molar-refractivity contribution is 7.91. The van der Waals surface area contributed by atoms with Crippen LogP contribution in [-0.2, 0) is 9.84 Å². The van der Waals surface area contributed by atoms with E-state index in [0.29, 0.717) is 18.1 Å². The summed E-state index contributed by atoms with van der Waals surface area (Å²) in [4.78, 5) is 4.19. The molecule has 0 amide bonds. The van der Waals surface area contributed by atoms with Crippen LogP contribution in [-0.4, -0.2) is 38.6 Å². The Morgan fingerprint density at radius 1 is 1.50 bits per heavy atom. The summed E-state index contributed by atoms with van der Waals surface area (Å²) in [6, 6.07) is 2.09. The lowest BCUT2D eigenvalue weighted by Gasteiger charge is -2.20. The predicted octanol–water partition coefficient (Wildman–Crippen LogP) is 1.57. The van der Waals surface area contributed by atoms with E-state index in [-0.39, 0.29) is 12.0 Å². The molecule has 0 saturated carbocycles. The Balaban J connectivity index is 2.06. The molecule has 2 rings (SSSR count). The minimum atomic E-state index is -2.82. The monoisotopic (exact) mass is 298 g/mol. The van der Waals surface area contributed by atoms with Gasteiger partial charge in [-0.2, -0.15) is 0 Å². The molecule has 0 bridgehead atoms.